The van der Waals surface area contributed by atoms with Gasteiger partial charge in [0.05, 0.1) is 12.1 Å². The second kappa shape index (κ2) is 7.03. The van der Waals surface area contributed by atoms with Gasteiger partial charge in [0.15, 0.2) is 5.69 Å². The molecule has 3 rings (SSSR count). The second-order valence-corrected chi connectivity index (χ2v) is 5.72. The van der Waals surface area contributed by atoms with E-state index in [2.05, 4.69) is 15.5 Å². The minimum absolute atomic E-state index is 0.0997. The van der Waals surface area contributed by atoms with Crippen molar-refractivity contribution in [2.24, 2.45) is 7.05 Å². The highest BCUT2D eigenvalue weighted by Crippen LogP contribution is 2.30. The summed E-state index contributed by atoms with van der Waals surface area (Å²) in [6.45, 7) is 0.599. The number of halogens is 3. The molecule has 2 aromatic heterocycles. The van der Waals surface area contributed by atoms with Crippen molar-refractivity contribution in [3.8, 4) is 0 Å². The average molecular weight is 363 g/mol. The van der Waals surface area contributed by atoms with E-state index in [1.54, 1.807) is 29.2 Å². The lowest BCUT2D eigenvalue weighted by Crippen LogP contribution is -2.26. The number of amides is 1. The normalized spacial score (nSPS) is 11.5. The number of aryl methyl sites for hydroxylation is 1. The van der Waals surface area contributed by atoms with Crippen LogP contribution in [0.5, 0.6) is 0 Å². The summed E-state index contributed by atoms with van der Waals surface area (Å²) >= 11 is 0. The maximum absolute atomic E-state index is 13.0. The van der Waals surface area contributed by atoms with Gasteiger partial charge in [-0.3, -0.25) is 14.2 Å². The van der Waals surface area contributed by atoms with Gasteiger partial charge in [-0.25, -0.2) is 0 Å². The summed E-state index contributed by atoms with van der Waals surface area (Å²) in [7, 11) is 1.34. The number of nitrogens with zero attached hydrogens (tertiary/aromatic N) is 4. The Bertz CT molecular complexity index is 900. The maximum Gasteiger partial charge on any atom is 0.435 e. The third-order valence-corrected chi connectivity index (χ3v) is 3.79. The smallest absolute Gasteiger partial charge is 0.348 e. The van der Waals surface area contributed by atoms with Crippen molar-refractivity contribution in [1.82, 2.24) is 24.9 Å². The van der Waals surface area contributed by atoms with E-state index >= 15 is 0 Å². The number of aromatic nitrogens is 4. The summed E-state index contributed by atoms with van der Waals surface area (Å²) in [4.78, 5) is 12.2. The summed E-state index contributed by atoms with van der Waals surface area (Å²) in [6, 6.07) is 9.15. The zero-order valence-corrected chi connectivity index (χ0v) is 13.9. The third-order valence-electron chi connectivity index (χ3n) is 3.79. The van der Waals surface area contributed by atoms with Crippen molar-refractivity contribution in [1.29, 1.82) is 0 Å². The molecule has 0 spiro atoms. The summed E-state index contributed by atoms with van der Waals surface area (Å²) in [6.07, 6.45) is -0.161. The van der Waals surface area contributed by atoms with Crippen LogP contribution in [0, 0.1) is 0 Å². The molecule has 0 radical (unpaired) electrons. The van der Waals surface area contributed by atoms with Crippen LogP contribution in [-0.4, -0.2) is 25.5 Å². The molecule has 6 nitrogen and oxygen atoms in total. The lowest BCUT2D eigenvalue weighted by Gasteiger charge is -2.11. The van der Waals surface area contributed by atoms with E-state index in [0.29, 0.717) is 6.54 Å². The first-order valence-electron chi connectivity index (χ1n) is 7.78. The highest BCUT2D eigenvalue weighted by molar-refractivity contribution is 5.95. The Kier molecular flexibility index (Phi) is 4.79. The average Bonchev–Trinajstić information content (AvgIpc) is 3.23. The molecule has 0 aliphatic carbocycles. The predicted octanol–water partition coefficient (Wildman–Crippen LogP) is 2.61. The topological polar surface area (TPSA) is 64.7 Å². The van der Waals surface area contributed by atoms with Crippen LogP contribution in [0.1, 0.15) is 27.2 Å². The molecule has 0 saturated carbocycles. The molecule has 1 amide bonds. The van der Waals surface area contributed by atoms with Crippen LogP contribution < -0.4 is 5.32 Å². The van der Waals surface area contributed by atoms with Crippen molar-refractivity contribution in [3.05, 3.63) is 71.3 Å². The fourth-order valence-corrected chi connectivity index (χ4v) is 2.59. The van der Waals surface area contributed by atoms with Crippen molar-refractivity contribution in [3.63, 3.8) is 0 Å². The Morgan fingerprint density at radius 3 is 2.58 bits per heavy atom. The van der Waals surface area contributed by atoms with E-state index in [0.717, 1.165) is 22.0 Å². The minimum atomic E-state index is -4.69. The summed E-state index contributed by atoms with van der Waals surface area (Å²) in [5.74, 6) is -0.820. The van der Waals surface area contributed by atoms with E-state index in [1.807, 2.05) is 18.2 Å². The third kappa shape index (κ3) is 3.93. The summed E-state index contributed by atoms with van der Waals surface area (Å²) in [5, 5.41) is 10.0. The molecule has 0 fully saturated rings. The molecular weight excluding hydrogens is 347 g/mol. The molecule has 0 atom stereocenters. The first-order valence-corrected chi connectivity index (χ1v) is 7.78. The predicted molar refractivity (Wildman–Crippen MR) is 87.2 cm³/mol. The molecule has 0 unspecified atom stereocenters. The molecule has 136 valence electrons. The Balaban J connectivity index is 1.75. The van der Waals surface area contributed by atoms with Gasteiger partial charge in [-0.2, -0.15) is 23.4 Å². The monoisotopic (exact) mass is 363 g/mol. The van der Waals surface area contributed by atoms with E-state index in [9.17, 15) is 18.0 Å². The van der Waals surface area contributed by atoms with E-state index < -0.39 is 23.3 Å². The van der Waals surface area contributed by atoms with Crippen LogP contribution in [-0.2, 0) is 26.3 Å². The van der Waals surface area contributed by atoms with Gasteiger partial charge >= 0.3 is 6.18 Å². The molecule has 1 aromatic carbocycles. The molecule has 0 bridgehead atoms. The zero-order valence-electron chi connectivity index (χ0n) is 13.9. The number of rotatable bonds is 5. The Morgan fingerprint density at radius 2 is 1.92 bits per heavy atom. The Labute approximate surface area is 147 Å². The highest BCUT2D eigenvalue weighted by atomic mass is 19.4. The number of nitrogens with one attached hydrogen (secondary N) is 1. The molecule has 0 aliphatic heterocycles. The van der Waals surface area contributed by atoms with Crippen LogP contribution in [0.25, 0.3) is 0 Å². The molecule has 0 saturated heterocycles. The maximum atomic E-state index is 13.0. The lowest BCUT2D eigenvalue weighted by molar-refractivity contribution is -0.141. The van der Waals surface area contributed by atoms with Crippen LogP contribution in [0.3, 0.4) is 0 Å². The molecule has 9 heteroatoms. The molecule has 2 heterocycles. The van der Waals surface area contributed by atoms with Crippen molar-refractivity contribution < 1.29 is 18.0 Å². The number of hydrogen-bond donors (Lipinski definition) is 1. The minimum Gasteiger partial charge on any atom is -0.348 e. The number of carbonyl (C=O) groups is 1. The van der Waals surface area contributed by atoms with E-state index in [4.69, 9.17) is 0 Å². The van der Waals surface area contributed by atoms with Gasteiger partial charge in [0.1, 0.15) is 0 Å². The quantitative estimate of drug-likeness (QED) is 0.758. The Hall–Kier alpha value is -3.10. The molecular formula is C17H16F3N5O. The standard InChI is InChI=1S/C17H16F3N5O/c1-24-11-14(15(23-24)17(18,19)20)16(26)21-9-12-5-2-3-6-13(12)10-25-8-4-7-22-25/h2-8,11H,9-10H2,1H3,(H,21,26). The van der Waals surface area contributed by atoms with Crippen LogP contribution in [0.15, 0.2) is 48.9 Å². The van der Waals surface area contributed by atoms with Gasteiger partial charge in [0.25, 0.3) is 5.91 Å². The number of carbonyl (C=O) groups excluding carboxylic acids is 1. The molecule has 3 aromatic rings. The van der Waals surface area contributed by atoms with Crippen molar-refractivity contribution >= 4 is 5.91 Å². The van der Waals surface area contributed by atoms with Gasteiger partial charge < -0.3 is 5.32 Å². The molecule has 0 aliphatic rings. The summed E-state index contributed by atoms with van der Waals surface area (Å²) in [5.41, 5.74) is 0.0272. The molecule has 1 N–H and O–H groups in total. The largest absolute Gasteiger partial charge is 0.435 e. The molecule has 26 heavy (non-hydrogen) atoms. The van der Waals surface area contributed by atoms with Crippen molar-refractivity contribution in [2.45, 2.75) is 19.3 Å². The van der Waals surface area contributed by atoms with Gasteiger partial charge in [-0.1, -0.05) is 24.3 Å². The first-order chi connectivity index (χ1) is 12.3. The van der Waals surface area contributed by atoms with Crippen LogP contribution in [0.2, 0.25) is 0 Å². The zero-order chi connectivity index (χ0) is 18.7. The van der Waals surface area contributed by atoms with Gasteiger partial charge in [0.2, 0.25) is 0 Å². The Morgan fingerprint density at radius 1 is 1.19 bits per heavy atom. The van der Waals surface area contributed by atoms with Crippen LogP contribution >= 0.6 is 0 Å². The van der Waals surface area contributed by atoms with E-state index in [1.165, 1.54) is 7.05 Å². The fraction of sp³-hybridized carbons (Fsp3) is 0.235. The second-order valence-electron chi connectivity index (χ2n) is 5.72. The fourth-order valence-electron chi connectivity index (χ4n) is 2.59. The number of benzene rings is 1. The lowest BCUT2D eigenvalue weighted by atomic mass is 10.1. The SMILES string of the molecule is Cn1cc(C(=O)NCc2ccccc2Cn2cccn2)c(C(F)(F)F)n1. The number of hydrogen-bond acceptors (Lipinski definition) is 3. The summed E-state index contributed by atoms with van der Waals surface area (Å²) < 4.78 is 41.7. The number of alkyl halides is 3. The van der Waals surface area contributed by atoms with E-state index in [-0.39, 0.29) is 6.54 Å². The van der Waals surface area contributed by atoms with Gasteiger partial charge in [-0.15, -0.1) is 0 Å². The first kappa shape index (κ1) is 17.7. The van der Waals surface area contributed by atoms with Gasteiger partial charge in [0, 0.05) is 32.2 Å². The van der Waals surface area contributed by atoms with Crippen molar-refractivity contribution in [2.75, 3.05) is 0 Å². The van der Waals surface area contributed by atoms with Crippen LogP contribution in [0.4, 0.5) is 13.2 Å². The van der Waals surface area contributed by atoms with Gasteiger partial charge in [-0.05, 0) is 17.2 Å². The highest BCUT2D eigenvalue weighted by Gasteiger charge is 2.38.